The number of aromatic nitrogens is 3. The Morgan fingerprint density at radius 3 is 3.00 bits per heavy atom. The molecular weight excluding hydrogens is 302 g/mol. The van der Waals surface area contributed by atoms with Crippen molar-refractivity contribution in [2.75, 3.05) is 17.3 Å². The Morgan fingerprint density at radius 1 is 1.33 bits per heavy atom. The van der Waals surface area contributed by atoms with Crippen LogP contribution in [-0.4, -0.2) is 33.9 Å². The summed E-state index contributed by atoms with van der Waals surface area (Å²) in [5.41, 5.74) is 4.07. The number of likely N-dealkylation sites (N-methyl/N-ethyl adjacent to an activating group) is 1. The van der Waals surface area contributed by atoms with E-state index < -0.39 is 0 Å². The number of rotatable bonds is 3. The van der Waals surface area contributed by atoms with Crippen LogP contribution < -0.4 is 10.2 Å². The first-order chi connectivity index (χ1) is 11.7. The number of hydrogen-bond acceptors (Lipinski definition) is 4. The van der Waals surface area contributed by atoms with Crippen LogP contribution in [0.15, 0.2) is 36.8 Å². The van der Waals surface area contributed by atoms with E-state index in [9.17, 15) is 4.79 Å². The molecule has 1 aliphatic rings. The van der Waals surface area contributed by atoms with Crippen molar-refractivity contribution in [2.45, 2.75) is 25.8 Å². The van der Waals surface area contributed by atoms with Crippen molar-refractivity contribution in [1.82, 2.24) is 15.0 Å². The van der Waals surface area contributed by atoms with Crippen molar-refractivity contribution in [2.24, 2.45) is 0 Å². The standard InChI is InChI=1S/C18H19N5O/c1-3-11-9-19-16-15(11)17(21-10-20-16)22-13-8-12-6-4-5-7-14(12)23(2)18(13)24/h4-7,9-10,13H,3,8H2,1-2H3,(H2,19,20,21,22). The molecule has 0 radical (unpaired) electrons. The topological polar surface area (TPSA) is 73.9 Å². The molecule has 0 aliphatic carbocycles. The first-order valence-electron chi connectivity index (χ1n) is 8.12. The van der Waals surface area contributed by atoms with E-state index in [4.69, 9.17) is 0 Å². The summed E-state index contributed by atoms with van der Waals surface area (Å²) in [6, 6.07) is 7.67. The second-order valence-electron chi connectivity index (χ2n) is 6.04. The fraction of sp³-hybridized carbons (Fsp3) is 0.278. The summed E-state index contributed by atoms with van der Waals surface area (Å²) in [5, 5.41) is 4.31. The number of carbonyl (C=O) groups excluding carboxylic acids is 1. The van der Waals surface area contributed by atoms with Crippen LogP contribution in [0.4, 0.5) is 11.5 Å². The van der Waals surface area contributed by atoms with E-state index in [1.165, 1.54) is 6.33 Å². The predicted octanol–water partition coefficient (Wildman–Crippen LogP) is 2.52. The molecule has 1 aromatic carbocycles. The van der Waals surface area contributed by atoms with Crippen molar-refractivity contribution in [3.05, 3.63) is 47.9 Å². The third kappa shape index (κ3) is 2.22. The molecule has 24 heavy (non-hydrogen) atoms. The number of H-pyrrole nitrogens is 1. The number of nitrogens with zero attached hydrogens (tertiary/aromatic N) is 3. The Labute approximate surface area is 139 Å². The van der Waals surface area contributed by atoms with Gasteiger partial charge in [0, 0.05) is 25.4 Å². The number of nitrogens with one attached hydrogen (secondary N) is 2. The maximum absolute atomic E-state index is 12.7. The molecule has 0 saturated carbocycles. The molecule has 122 valence electrons. The number of fused-ring (bicyclic) bond motifs is 2. The minimum atomic E-state index is -0.331. The van der Waals surface area contributed by atoms with Crippen LogP contribution in [-0.2, 0) is 17.6 Å². The molecule has 3 heterocycles. The van der Waals surface area contributed by atoms with Gasteiger partial charge >= 0.3 is 0 Å². The Balaban J connectivity index is 1.72. The third-order valence-electron chi connectivity index (χ3n) is 4.65. The number of carbonyl (C=O) groups is 1. The summed E-state index contributed by atoms with van der Waals surface area (Å²) in [6.45, 7) is 2.09. The quantitative estimate of drug-likeness (QED) is 0.777. The monoisotopic (exact) mass is 321 g/mol. The lowest BCUT2D eigenvalue weighted by Crippen LogP contribution is -2.46. The summed E-state index contributed by atoms with van der Waals surface area (Å²) in [4.78, 5) is 26.3. The lowest BCUT2D eigenvalue weighted by molar-refractivity contribution is -0.119. The summed E-state index contributed by atoms with van der Waals surface area (Å²) in [7, 11) is 1.82. The molecule has 0 bridgehead atoms. The van der Waals surface area contributed by atoms with Gasteiger partial charge in [-0.3, -0.25) is 4.79 Å². The third-order valence-corrected chi connectivity index (χ3v) is 4.65. The molecule has 2 aromatic heterocycles. The Hall–Kier alpha value is -2.89. The fourth-order valence-electron chi connectivity index (χ4n) is 3.36. The zero-order valence-corrected chi connectivity index (χ0v) is 13.7. The van der Waals surface area contributed by atoms with Crippen LogP contribution in [0.3, 0.4) is 0 Å². The summed E-state index contributed by atoms with van der Waals surface area (Å²) >= 11 is 0. The molecule has 1 unspecified atom stereocenters. The van der Waals surface area contributed by atoms with Crippen molar-refractivity contribution >= 4 is 28.4 Å². The fourth-order valence-corrected chi connectivity index (χ4v) is 3.36. The minimum Gasteiger partial charge on any atom is -0.357 e. The van der Waals surface area contributed by atoms with Gasteiger partial charge in [-0.25, -0.2) is 9.97 Å². The van der Waals surface area contributed by atoms with Gasteiger partial charge in [-0.15, -0.1) is 0 Å². The number of aromatic amines is 1. The van der Waals surface area contributed by atoms with E-state index in [2.05, 4.69) is 33.3 Å². The summed E-state index contributed by atoms with van der Waals surface area (Å²) in [6.07, 6.45) is 5.00. The minimum absolute atomic E-state index is 0.0500. The lowest BCUT2D eigenvalue weighted by atomic mass is 9.97. The van der Waals surface area contributed by atoms with Crippen molar-refractivity contribution in [1.29, 1.82) is 0 Å². The van der Waals surface area contributed by atoms with Gasteiger partial charge in [-0.05, 0) is 23.6 Å². The molecular formula is C18H19N5O. The van der Waals surface area contributed by atoms with Gasteiger partial charge < -0.3 is 15.2 Å². The van der Waals surface area contributed by atoms with Crippen LogP contribution >= 0.6 is 0 Å². The summed E-state index contributed by atoms with van der Waals surface area (Å²) in [5.74, 6) is 0.762. The molecule has 1 aliphatic heterocycles. The van der Waals surface area contributed by atoms with Gasteiger partial charge in [0.15, 0.2) is 0 Å². The molecule has 4 rings (SSSR count). The van der Waals surface area contributed by atoms with Gasteiger partial charge in [0.1, 0.15) is 23.8 Å². The van der Waals surface area contributed by atoms with Crippen LogP contribution in [0.2, 0.25) is 0 Å². The molecule has 2 N–H and O–H groups in total. The Bertz CT molecular complexity index is 917. The molecule has 6 heteroatoms. The highest BCUT2D eigenvalue weighted by Gasteiger charge is 2.31. The Kier molecular flexibility index (Phi) is 3.45. The van der Waals surface area contributed by atoms with Gasteiger partial charge in [0.25, 0.3) is 0 Å². The molecule has 0 saturated heterocycles. The predicted molar refractivity (Wildman–Crippen MR) is 94.2 cm³/mol. The van der Waals surface area contributed by atoms with Gasteiger partial charge in [0.05, 0.1) is 5.39 Å². The number of para-hydroxylation sites is 1. The number of benzene rings is 1. The molecule has 6 nitrogen and oxygen atoms in total. The molecule has 3 aromatic rings. The van der Waals surface area contributed by atoms with Crippen molar-refractivity contribution in [3.8, 4) is 0 Å². The Morgan fingerprint density at radius 2 is 2.17 bits per heavy atom. The first kappa shape index (κ1) is 14.7. The SMILES string of the molecule is CCc1c[nH]c2ncnc(NC3Cc4ccccc4N(C)C3=O)c12. The van der Waals surface area contributed by atoms with Crippen LogP contribution in [0.5, 0.6) is 0 Å². The second-order valence-corrected chi connectivity index (χ2v) is 6.04. The van der Waals surface area contributed by atoms with Crippen LogP contribution in [0, 0.1) is 0 Å². The molecule has 1 atom stereocenters. The summed E-state index contributed by atoms with van der Waals surface area (Å²) < 4.78 is 0. The second kappa shape index (κ2) is 5.63. The number of anilines is 2. The average Bonchev–Trinajstić information content (AvgIpc) is 3.04. The number of hydrogen-bond donors (Lipinski definition) is 2. The normalized spacial score (nSPS) is 17.2. The van der Waals surface area contributed by atoms with E-state index in [-0.39, 0.29) is 11.9 Å². The maximum atomic E-state index is 12.7. The van der Waals surface area contributed by atoms with E-state index in [1.807, 2.05) is 31.4 Å². The highest BCUT2D eigenvalue weighted by Crippen LogP contribution is 2.29. The van der Waals surface area contributed by atoms with Gasteiger partial charge in [-0.1, -0.05) is 25.1 Å². The number of aryl methyl sites for hydroxylation is 1. The maximum Gasteiger partial charge on any atom is 0.249 e. The highest BCUT2D eigenvalue weighted by atomic mass is 16.2. The first-order valence-corrected chi connectivity index (χ1v) is 8.12. The highest BCUT2D eigenvalue weighted by molar-refractivity contribution is 6.02. The zero-order chi connectivity index (χ0) is 16.7. The van der Waals surface area contributed by atoms with E-state index in [0.29, 0.717) is 12.2 Å². The van der Waals surface area contributed by atoms with Gasteiger partial charge in [0.2, 0.25) is 5.91 Å². The molecule has 0 fully saturated rings. The zero-order valence-electron chi connectivity index (χ0n) is 13.7. The molecule has 1 amide bonds. The van der Waals surface area contributed by atoms with Crippen LogP contribution in [0.25, 0.3) is 11.0 Å². The van der Waals surface area contributed by atoms with Gasteiger partial charge in [-0.2, -0.15) is 0 Å². The lowest BCUT2D eigenvalue weighted by Gasteiger charge is -2.32. The van der Waals surface area contributed by atoms with Crippen molar-refractivity contribution < 1.29 is 4.79 Å². The number of amides is 1. The smallest absolute Gasteiger partial charge is 0.249 e. The van der Waals surface area contributed by atoms with E-state index in [1.54, 1.807) is 4.90 Å². The average molecular weight is 321 g/mol. The van der Waals surface area contributed by atoms with Crippen LogP contribution in [0.1, 0.15) is 18.1 Å². The van der Waals surface area contributed by atoms with Crippen molar-refractivity contribution in [3.63, 3.8) is 0 Å². The molecule has 0 spiro atoms. The van der Waals surface area contributed by atoms with E-state index >= 15 is 0 Å². The largest absolute Gasteiger partial charge is 0.357 e. The van der Waals surface area contributed by atoms with E-state index in [0.717, 1.165) is 34.3 Å².